The van der Waals surface area contributed by atoms with Crippen molar-refractivity contribution in [1.29, 1.82) is 0 Å². The molecule has 2 amide bonds. The normalized spacial score (nSPS) is 14.2. The van der Waals surface area contributed by atoms with Gasteiger partial charge in [0.25, 0.3) is 0 Å². The molecular formula is C11H22N2O4. The molecular weight excluding hydrogens is 224 g/mol. The lowest BCUT2D eigenvalue weighted by molar-refractivity contribution is -0.155. The molecule has 1 unspecified atom stereocenters. The molecule has 0 aliphatic rings. The van der Waals surface area contributed by atoms with Crippen LogP contribution in [0.4, 0.5) is 4.79 Å². The molecule has 0 aliphatic carbocycles. The minimum Gasteiger partial charge on any atom is -0.479 e. The zero-order valence-electron chi connectivity index (χ0n) is 10.6. The zero-order valence-corrected chi connectivity index (χ0v) is 10.6. The smallest absolute Gasteiger partial charge is 0.337 e. The summed E-state index contributed by atoms with van der Waals surface area (Å²) >= 11 is 0. The van der Waals surface area contributed by atoms with Crippen molar-refractivity contribution in [2.24, 2.45) is 5.92 Å². The van der Waals surface area contributed by atoms with Crippen LogP contribution in [0, 0.1) is 5.92 Å². The molecule has 0 fully saturated rings. The van der Waals surface area contributed by atoms with Crippen molar-refractivity contribution < 1.29 is 19.8 Å². The molecule has 0 saturated heterocycles. The number of amides is 2. The van der Waals surface area contributed by atoms with Gasteiger partial charge in [-0.1, -0.05) is 26.7 Å². The molecule has 6 heteroatoms. The molecule has 4 N–H and O–H groups in total. The van der Waals surface area contributed by atoms with E-state index in [4.69, 9.17) is 5.11 Å². The molecule has 17 heavy (non-hydrogen) atoms. The Balaban J connectivity index is 3.92. The third-order valence-corrected chi connectivity index (χ3v) is 2.76. The largest absolute Gasteiger partial charge is 0.479 e. The average molecular weight is 246 g/mol. The minimum atomic E-state index is -1.94. The lowest BCUT2D eigenvalue weighted by Crippen LogP contribution is -2.49. The molecule has 6 nitrogen and oxygen atoms in total. The highest BCUT2D eigenvalue weighted by Gasteiger charge is 2.30. The Kier molecular flexibility index (Phi) is 6.57. The van der Waals surface area contributed by atoms with Crippen LogP contribution in [0.5, 0.6) is 0 Å². The van der Waals surface area contributed by atoms with Crippen molar-refractivity contribution in [3.63, 3.8) is 0 Å². The van der Waals surface area contributed by atoms with E-state index < -0.39 is 17.6 Å². The summed E-state index contributed by atoms with van der Waals surface area (Å²) in [5.41, 5.74) is -1.94. The number of urea groups is 1. The number of nitrogens with one attached hydrogen (secondary N) is 2. The fourth-order valence-corrected chi connectivity index (χ4v) is 1.20. The highest BCUT2D eigenvalue weighted by atomic mass is 16.4. The maximum Gasteiger partial charge on any atom is 0.337 e. The van der Waals surface area contributed by atoms with Gasteiger partial charge in [0.1, 0.15) is 0 Å². The SMILES string of the molecule is CCC(CC)CNC(=O)NCC(C)(O)C(=O)O. The van der Waals surface area contributed by atoms with Crippen LogP contribution >= 0.6 is 0 Å². The van der Waals surface area contributed by atoms with E-state index in [1.54, 1.807) is 0 Å². The molecule has 0 spiro atoms. The molecule has 0 radical (unpaired) electrons. The van der Waals surface area contributed by atoms with E-state index in [2.05, 4.69) is 10.6 Å². The summed E-state index contributed by atoms with van der Waals surface area (Å²) < 4.78 is 0. The van der Waals surface area contributed by atoms with Crippen LogP contribution in [0.2, 0.25) is 0 Å². The molecule has 1 atom stereocenters. The maximum absolute atomic E-state index is 11.3. The van der Waals surface area contributed by atoms with Crippen molar-refractivity contribution in [2.75, 3.05) is 13.1 Å². The number of aliphatic hydroxyl groups is 1. The van der Waals surface area contributed by atoms with Crippen LogP contribution < -0.4 is 10.6 Å². The van der Waals surface area contributed by atoms with Crippen LogP contribution in [0.3, 0.4) is 0 Å². The lowest BCUT2D eigenvalue weighted by atomic mass is 10.0. The van der Waals surface area contributed by atoms with Gasteiger partial charge in [-0.3, -0.25) is 0 Å². The van der Waals surface area contributed by atoms with Crippen LogP contribution in [0.25, 0.3) is 0 Å². The highest BCUT2D eigenvalue weighted by molar-refractivity contribution is 5.79. The van der Waals surface area contributed by atoms with Crippen LogP contribution in [0.15, 0.2) is 0 Å². The second-order valence-electron chi connectivity index (χ2n) is 4.33. The van der Waals surface area contributed by atoms with Gasteiger partial charge in [-0.05, 0) is 12.8 Å². The Morgan fingerprint density at radius 2 is 1.76 bits per heavy atom. The van der Waals surface area contributed by atoms with Gasteiger partial charge in [0.2, 0.25) is 0 Å². The Labute approximate surface area is 101 Å². The Morgan fingerprint density at radius 1 is 1.24 bits per heavy atom. The molecule has 100 valence electrons. The maximum atomic E-state index is 11.3. The van der Waals surface area contributed by atoms with E-state index in [-0.39, 0.29) is 6.54 Å². The van der Waals surface area contributed by atoms with Crippen molar-refractivity contribution >= 4 is 12.0 Å². The van der Waals surface area contributed by atoms with Crippen molar-refractivity contribution in [3.8, 4) is 0 Å². The third-order valence-electron chi connectivity index (χ3n) is 2.76. The van der Waals surface area contributed by atoms with E-state index in [9.17, 15) is 14.7 Å². The topological polar surface area (TPSA) is 98.7 Å². The van der Waals surface area contributed by atoms with Gasteiger partial charge in [-0.15, -0.1) is 0 Å². The zero-order chi connectivity index (χ0) is 13.5. The molecule has 0 aromatic rings. The predicted molar refractivity (Wildman–Crippen MR) is 63.7 cm³/mol. The number of rotatable bonds is 7. The lowest BCUT2D eigenvalue weighted by Gasteiger charge is -2.19. The fourth-order valence-electron chi connectivity index (χ4n) is 1.20. The van der Waals surface area contributed by atoms with Crippen molar-refractivity contribution in [2.45, 2.75) is 39.2 Å². The molecule has 0 aromatic carbocycles. The van der Waals surface area contributed by atoms with Gasteiger partial charge in [0.05, 0.1) is 6.54 Å². The monoisotopic (exact) mass is 246 g/mol. The Hall–Kier alpha value is -1.30. The summed E-state index contributed by atoms with van der Waals surface area (Å²) in [6, 6.07) is -0.460. The first-order valence-electron chi connectivity index (χ1n) is 5.81. The highest BCUT2D eigenvalue weighted by Crippen LogP contribution is 2.05. The first-order valence-corrected chi connectivity index (χ1v) is 5.81. The number of hydrogen-bond donors (Lipinski definition) is 4. The number of carboxylic acid groups (broad SMARTS) is 1. The van der Waals surface area contributed by atoms with Gasteiger partial charge >= 0.3 is 12.0 Å². The summed E-state index contributed by atoms with van der Waals surface area (Å²) in [6.45, 7) is 5.45. The second-order valence-corrected chi connectivity index (χ2v) is 4.33. The minimum absolute atomic E-state index is 0.322. The predicted octanol–water partition coefficient (Wildman–Crippen LogP) is 0.557. The molecule has 0 aliphatic heterocycles. The van der Waals surface area contributed by atoms with Crippen LogP contribution in [0.1, 0.15) is 33.6 Å². The summed E-state index contributed by atoms with van der Waals surface area (Å²) in [6.07, 6.45) is 1.95. The number of aliphatic carboxylic acids is 1. The van der Waals surface area contributed by atoms with Gasteiger partial charge < -0.3 is 20.8 Å². The number of hydrogen-bond acceptors (Lipinski definition) is 3. The van der Waals surface area contributed by atoms with Gasteiger partial charge in [0.15, 0.2) is 5.60 Å². The molecule has 0 aromatic heterocycles. The Bertz CT molecular complexity index is 262. The van der Waals surface area contributed by atoms with E-state index in [1.807, 2.05) is 13.8 Å². The van der Waals surface area contributed by atoms with Crippen molar-refractivity contribution in [1.82, 2.24) is 10.6 Å². The quantitative estimate of drug-likeness (QED) is 0.527. The van der Waals surface area contributed by atoms with E-state index >= 15 is 0 Å². The molecule has 0 bridgehead atoms. The van der Waals surface area contributed by atoms with Gasteiger partial charge in [-0.2, -0.15) is 0 Å². The fraction of sp³-hybridized carbons (Fsp3) is 0.818. The standard InChI is InChI=1S/C11H22N2O4/c1-4-8(5-2)6-12-10(16)13-7-11(3,17)9(14)15/h8,17H,4-7H2,1-3H3,(H,14,15)(H2,12,13,16). The van der Waals surface area contributed by atoms with E-state index in [0.717, 1.165) is 19.8 Å². The summed E-state index contributed by atoms with van der Waals surface area (Å²) in [5, 5.41) is 23.0. The van der Waals surface area contributed by atoms with Crippen LogP contribution in [-0.2, 0) is 4.79 Å². The number of carbonyl (C=O) groups excluding carboxylic acids is 1. The first-order chi connectivity index (χ1) is 7.83. The first kappa shape index (κ1) is 15.7. The summed E-state index contributed by atoms with van der Waals surface area (Å²) in [4.78, 5) is 21.9. The van der Waals surface area contributed by atoms with E-state index in [0.29, 0.717) is 12.5 Å². The van der Waals surface area contributed by atoms with E-state index in [1.165, 1.54) is 0 Å². The molecule has 0 heterocycles. The number of carboxylic acids is 1. The third kappa shape index (κ3) is 6.11. The summed E-state index contributed by atoms with van der Waals surface area (Å²) in [7, 11) is 0. The molecule has 0 rings (SSSR count). The average Bonchev–Trinajstić information content (AvgIpc) is 2.27. The molecule has 0 saturated carbocycles. The number of carbonyl (C=O) groups is 2. The van der Waals surface area contributed by atoms with Crippen molar-refractivity contribution in [3.05, 3.63) is 0 Å². The Morgan fingerprint density at radius 3 is 2.18 bits per heavy atom. The van der Waals surface area contributed by atoms with Crippen LogP contribution in [-0.4, -0.2) is 40.9 Å². The van der Waals surface area contributed by atoms with Gasteiger partial charge in [0, 0.05) is 6.54 Å². The van der Waals surface area contributed by atoms with Gasteiger partial charge in [-0.25, -0.2) is 9.59 Å². The second kappa shape index (κ2) is 7.11. The summed E-state index contributed by atoms with van der Waals surface area (Å²) in [5.74, 6) is -0.946.